The van der Waals surface area contributed by atoms with E-state index < -0.39 is 29.8 Å². The van der Waals surface area contributed by atoms with Gasteiger partial charge in [-0.3, -0.25) is 15.1 Å². The number of carbonyl (C=O) groups is 1. The highest BCUT2D eigenvalue weighted by atomic mass is 35.5. The highest BCUT2D eigenvalue weighted by Gasteiger charge is 2.33. The van der Waals surface area contributed by atoms with Crippen molar-refractivity contribution in [1.29, 1.82) is 5.26 Å². The maximum absolute atomic E-state index is 11.8. The fraction of sp³-hybridized carbons (Fsp3) is 0.415. The first-order valence-electron chi connectivity index (χ1n) is 18.0. The SMILES string of the molecule is CC1=C=C(CN[C@](C)(CO)C(=O)O)C(OCc2cncc(C#N)c2)=CC1OCc1cccc(-c2cccc(OCCCN3CCC(O)(CO)CC3)c2Cl)c1Cl. The van der Waals surface area contributed by atoms with Crippen LogP contribution in [-0.2, 0) is 27.5 Å². The Labute approximate surface area is 330 Å². The van der Waals surface area contributed by atoms with Crippen LogP contribution in [0, 0.1) is 11.3 Å². The Balaban J connectivity index is 1.27. The van der Waals surface area contributed by atoms with Gasteiger partial charge in [-0.25, -0.2) is 0 Å². The highest BCUT2D eigenvalue weighted by Crippen LogP contribution is 2.40. The zero-order valence-corrected chi connectivity index (χ0v) is 32.4. The number of pyridine rings is 1. The fourth-order valence-electron chi connectivity index (χ4n) is 6.18. The van der Waals surface area contributed by atoms with Crippen LogP contribution in [0.4, 0.5) is 0 Å². The number of piperidine rings is 1. The number of halogens is 2. The summed E-state index contributed by atoms with van der Waals surface area (Å²) in [5, 5.41) is 52.2. The number of nitrogens with one attached hydrogen (secondary N) is 1. The average molecular weight is 794 g/mol. The molecule has 14 heteroatoms. The van der Waals surface area contributed by atoms with Gasteiger partial charge >= 0.3 is 5.97 Å². The van der Waals surface area contributed by atoms with E-state index >= 15 is 0 Å². The first-order chi connectivity index (χ1) is 26.4. The number of aliphatic carboxylic acids is 1. The molecule has 1 fully saturated rings. The number of aliphatic hydroxyl groups is 3. The molecule has 0 amide bonds. The van der Waals surface area contributed by atoms with Gasteiger partial charge in [-0.2, -0.15) is 5.26 Å². The summed E-state index contributed by atoms with van der Waals surface area (Å²) >= 11 is 13.9. The summed E-state index contributed by atoms with van der Waals surface area (Å²) in [6.07, 6.45) is 6.11. The van der Waals surface area contributed by atoms with Crippen molar-refractivity contribution < 1.29 is 39.4 Å². The molecular formula is C41H46Cl2N4O8. The van der Waals surface area contributed by atoms with Crippen LogP contribution in [0.25, 0.3) is 11.1 Å². The van der Waals surface area contributed by atoms with Gasteiger partial charge in [-0.15, -0.1) is 5.73 Å². The third-order valence-corrected chi connectivity index (χ3v) is 10.7. The molecule has 2 aromatic carbocycles. The second-order valence-corrected chi connectivity index (χ2v) is 14.8. The molecule has 1 aromatic heterocycles. The number of aliphatic hydroxyl groups excluding tert-OH is 2. The smallest absolute Gasteiger partial charge is 0.326 e. The van der Waals surface area contributed by atoms with Crippen LogP contribution in [0.5, 0.6) is 5.75 Å². The number of ether oxygens (including phenoxy) is 3. The second-order valence-electron chi connectivity index (χ2n) is 14.0. The van der Waals surface area contributed by atoms with Gasteiger partial charge < -0.3 is 39.5 Å². The van der Waals surface area contributed by atoms with Crippen LogP contribution in [0.15, 0.2) is 83.6 Å². The van der Waals surface area contributed by atoms with Crippen LogP contribution in [-0.4, -0.2) is 99.5 Å². The van der Waals surface area contributed by atoms with E-state index in [1.54, 1.807) is 18.3 Å². The van der Waals surface area contributed by atoms with Crippen molar-refractivity contribution in [2.75, 3.05) is 46.0 Å². The first kappa shape index (κ1) is 41.9. The molecule has 1 aliphatic heterocycles. The van der Waals surface area contributed by atoms with Crippen molar-refractivity contribution >= 4 is 29.2 Å². The Bertz CT molecular complexity index is 1980. The zero-order valence-electron chi connectivity index (χ0n) is 30.9. The summed E-state index contributed by atoms with van der Waals surface area (Å²) in [5.74, 6) is -0.270. The minimum atomic E-state index is -1.59. The highest BCUT2D eigenvalue weighted by molar-refractivity contribution is 6.37. The fourth-order valence-corrected chi connectivity index (χ4v) is 6.74. The van der Waals surface area contributed by atoms with Crippen molar-refractivity contribution in [2.24, 2.45) is 0 Å². The molecule has 12 nitrogen and oxygen atoms in total. The molecule has 0 bridgehead atoms. The summed E-state index contributed by atoms with van der Waals surface area (Å²) < 4.78 is 18.6. The van der Waals surface area contributed by atoms with Gasteiger partial charge in [0.25, 0.3) is 0 Å². The first-order valence-corrected chi connectivity index (χ1v) is 18.7. The molecule has 0 saturated carbocycles. The van der Waals surface area contributed by atoms with Crippen molar-refractivity contribution in [1.82, 2.24) is 15.2 Å². The maximum Gasteiger partial charge on any atom is 0.326 e. The molecule has 1 saturated heterocycles. The summed E-state index contributed by atoms with van der Waals surface area (Å²) in [4.78, 5) is 18.2. The number of likely N-dealkylation sites (tertiary alicyclic amines) is 1. The Morgan fingerprint density at radius 1 is 1.11 bits per heavy atom. The minimum absolute atomic E-state index is 0.0300. The van der Waals surface area contributed by atoms with Crippen LogP contribution in [0.3, 0.4) is 0 Å². The number of aromatic nitrogens is 1. The van der Waals surface area contributed by atoms with Gasteiger partial charge in [0.15, 0.2) is 0 Å². The third-order valence-electron chi connectivity index (χ3n) is 9.84. The molecule has 0 spiro atoms. The predicted molar refractivity (Wildman–Crippen MR) is 207 cm³/mol. The van der Waals surface area contributed by atoms with E-state index in [0.717, 1.165) is 31.6 Å². The zero-order chi connectivity index (χ0) is 39.6. The van der Waals surface area contributed by atoms with Crippen LogP contribution >= 0.6 is 23.2 Å². The van der Waals surface area contributed by atoms with Gasteiger partial charge in [0.05, 0.1) is 47.6 Å². The molecule has 1 aliphatic carbocycles. The molecule has 0 radical (unpaired) electrons. The van der Waals surface area contributed by atoms with Crippen LogP contribution in [0.1, 0.15) is 49.8 Å². The molecule has 5 rings (SSSR count). The number of carboxylic acid groups (broad SMARTS) is 1. The van der Waals surface area contributed by atoms with E-state index in [4.69, 9.17) is 37.4 Å². The van der Waals surface area contributed by atoms with E-state index in [1.165, 1.54) is 13.1 Å². The number of nitriles is 1. The number of carboxylic acids is 1. The molecule has 5 N–H and O–H groups in total. The molecule has 55 heavy (non-hydrogen) atoms. The summed E-state index contributed by atoms with van der Waals surface area (Å²) in [6, 6.07) is 14.9. The molecular weight excluding hydrogens is 747 g/mol. The topological polar surface area (TPSA) is 178 Å². The van der Waals surface area contributed by atoms with E-state index in [2.05, 4.69) is 27.0 Å². The number of rotatable bonds is 18. The van der Waals surface area contributed by atoms with Gasteiger partial charge in [-0.05, 0) is 56.9 Å². The molecule has 292 valence electrons. The molecule has 2 heterocycles. The van der Waals surface area contributed by atoms with E-state index in [0.29, 0.717) is 74.4 Å². The standard InChI is InChI=1S/C41H46Cl2N4O8/c1-27-16-31(22-46-40(2,25-48)39(50)51)36(54-23-29-17-28(19-44)20-45-21-29)18-35(27)55-24-30-6-3-7-32(37(30)42)33-8-4-9-34(38(33)43)53-15-5-12-47-13-10-41(52,26-49)11-14-47/h3-4,6-9,17-18,20-21,35,46,48-49,52H,5,10-15,22-26H2,1-2H3,(H,50,51)/t35?,40-/m1/s1. The largest absolute Gasteiger partial charge is 0.492 e. The number of benzene rings is 2. The van der Waals surface area contributed by atoms with Gasteiger partial charge in [-0.1, -0.05) is 53.5 Å². The van der Waals surface area contributed by atoms with Crippen molar-refractivity contribution in [3.63, 3.8) is 0 Å². The van der Waals surface area contributed by atoms with Gasteiger partial charge in [0.2, 0.25) is 0 Å². The number of nitrogens with zero attached hydrogens (tertiary/aromatic N) is 3. The van der Waals surface area contributed by atoms with Crippen LogP contribution < -0.4 is 10.1 Å². The second kappa shape index (κ2) is 19.1. The van der Waals surface area contributed by atoms with Crippen molar-refractivity contribution in [3.8, 4) is 22.9 Å². The Kier molecular flexibility index (Phi) is 14.5. The van der Waals surface area contributed by atoms with Crippen LogP contribution in [0.2, 0.25) is 10.0 Å². The van der Waals surface area contributed by atoms with E-state index in [9.17, 15) is 30.5 Å². The molecule has 1 unspecified atom stereocenters. The Hall–Kier alpha value is -4.25. The van der Waals surface area contributed by atoms with E-state index in [1.807, 2.05) is 43.3 Å². The number of hydrogen-bond donors (Lipinski definition) is 5. The summed E-state index contributed by atoms with van der Waals surface area (Å²) in [6.45, 7) is 5.32. The maximum atomic E-state index is 11.8. The lowest BCUT2D eigenvalue weighted by Gasteiger charge is -2.36. The monoisotopic (exact) mass is 792 g/mol. The number of hydrogen-bond acceptors (Lipinski definition) is 11. The molecule has 2 atom stereocenters. The lowest BCUT2D eigenvalue weighted by molar-refractivity contribution is -0.145. The average Bonchev–Trinajstić information content (AvgIpc) is 3.19. The molecule has 2 aliphatic rings. The predicted octanol–water partition coefficient (Wildman–Crippen LogP) is 5.41. The summed E-state index contributed by atoms with van der Waals surface area (Å²) in [7, 11) is 0. The van der Waals surface area contributed by atoms with E-state index in [-0.39, 0.29) is 26.4 Å². The Morgan fingerprint density at radius 3 is 2.53 bits per heavy atom. The van der Waals surface area contributed by atoms with Gasteiger partial charge in [0.1, 0.15) is 35.8 Å². The summed E-state index contributed by atoms with van der Waals surface area (Å²) in [5.41, 5.74) is 5.15. The van der Waals surface area contributed by atoms with Crippen molar-refractivity contribution in [3.05, 3.63) is 110 Å². The Morgan fingerprint density at radius 2 is 1.84 bits per heavy atom. The van der Waals surface area contributed by atoms with Crippen molar-refractivity contribution in [2.45, 2.75) is 63.6 Å². The normalized spacial score (nSPS) is 18.0. The molecule has 3 aromatic rings. The quantitative estimate of drug-likeness (QED) is 0.0819. The lowest BCUT2D eigenvalue weighted by atomic mass is 9.92. The lowest BCUT2D eigenvalue weighted by Crippen LogP contribution is -2.53. The van der Waals surface area contributed by atoms with Gasteiger partial charge in [0, 0.05) is 66.4 Å². The third kappa shape index (κ3) is 10.7. The minimum Gasteiger partial charge on any atom is -0.492 e.